The van der Waals surface area contributed by atoms with Crippen LogP contribution in [0.1, 0.15) is 0 Å². The normalized spacial score (nSPS) is 10.9. The van der Waals surface area contributed by atoms with E-state index in [1.54, 1.807) is 12.3 Å². The minimum atomic E-state index is 0.674. The highest BCUT2D eigenvalue weighted by atomic mass is 16.5. The van der Waals surface area contributed by atoms with Gasteiger partial charge in [0.1, 0.15) is 12.0 Å². The van der Waals surface area contributed by atoms with Crippen molar-refractivity contribution in [1.82, 2.24) is 20.1 Å². The van der Waals surface area contributed by atoms with Crippen molar-refractivity contribution < 1.29 is 4.52 Å². The maximum absolute atomic E-state index is 4.73. The van der Waals surface area contributed by atoms with Crippen LogP contribution >= 0.6 is 0 Å². The Morgan fingerprint density at radius 1 is 1.29 bits per heavy atom. The number of aromatic amines is 1. The molecule has 0 unspecified atom stereocenters. The molecule has 0 saturated carbocycles. The topological polar surface area (TPSA) is 67.6 Å². The van der Waals surface area contributed by atoms with E-state index in [1.807, 2.05) is 12.1 Å². The zero-order valence-electron chi connectivity index (χ0n) is 7.14. The van der Waals surface area contributed by atoms with E-state index in [-0.39, 0.29) is 0 Å². The third-order valence-corrected chi connectivity index (χ3v) is 1.94. The van der Waals surface area contributed by atoms with E-state index in [9.17, 15) is 0 Å². The molecule has 3 aromatic rings. The van der Waals surface area contributed by atoms with Gasteiger partial charge in [-0.25, -0.2) is 9.97 Å². The number of H-pyrrole nitrogens is 1. The van der Waals surface area contributed by atoms with Gasteiger partial charge in [-0.1, -0.05) is 5.16 Å². The van der Waals surface area contributed by atoms with Crippen LogP contribution in [0.5, 0.6) is 0 Å². The fourth-order valence-corrected chi connectivity index (χ4v) is 1.30. The van der Waals surface area contributed by atoms with Gasteiger partial charge in [0.2, 0.25) is 0 Å². The van der Waals surface area contributed by atoms with Crippen molar-refractivity contribution in [2.45, 2.75) is 0 Å². The van der Waals surface area contributed by atoms with E-state index in [1.165, 1.54) is 6.26 Å². The van der Waals surface area contributed by atoms with E-state index in [4.69, 9.17) is 4.52 Å². The molecule has 0 saturated heterocycles. The van der Waals surface area contributed by atoms with Crippen molar-refractivity contribution in [1.29, 1.82) is 0 Å². The molecule has 0 aliphatic heterocycles. The summed E-state index contributed by atoms with van der Waals surface area (Å²) in [5.74, 6) is 0.674. The highest BCUT2D eigenvalue weighted by Gasteiger charge is 2.07. The zero-order valence-corrected chi connectivity index (χ0v) is 7.14. The predicted octanol–water partition coefficient (Wildman–Crippen LogP) is 1.61. The van der Waals surface area contributed by atoms with Crippen LogP contribution in [0.2, 0.25) is 0 Å². The van der Waals surface area contributed by atoms with Crippen LogP contribution in [0, 0.1) is 0 Å². The van der Waals surface area contributed by atoms with Crippen LogP contribution in [-0.2, 0) is 0 Å². The van der Waals surface area contributed by atoms with Gasteiger partial charge in [-0.15, -0.1) is 0 Å². The Hall–Kier alpha value is -2.17. The van der Waals surface area contributed by atoms with Crippen LogP contribution in [-0.4, -0.2) is 20.1 Å². The molecule has 68 valence electrons. The average molecular weight is 186 g/mol. The van der Waals surface area contributed by atoms with Crippen molar-refractivity contribution in [2.24, 2.45) is 0 Å². The molecule has 0 aliphatic rings. The Labute approximate surface area is 78.8 Å². The fraction of sp³-hybridized carbons (Fsp3) is 0. The SMILES string of the molecule is c1cnc2nc(-c3ccon3)[nH]c2c1. The minimum Gasteiger partial charge on any atom is -0.364 e. The van der Waals surface area contributed by atoms with Crippen molar-refractivity contribution in [3.05, 3.63) is 30.7 Å². The summed E-state index contributed by atoms with van der Waals surface area (Å²) >= 11 is 0. The molecule has 0 bridgehead atoms. The first kappa shape index (κ1) is 7.25. The third-order valence-electron chi connectivity index (χ3n) is 1.94. The van der Waals surface area contributed by atoms with Crippen molar-refractivity contribution >= 4 is 11.2 Å². The lowest BCUT2D eigenvalue weighted by molar-refractivity contribution is 0.422. The van der Waals surface area contributed by atoms with Crippen LogP contribution in [0.15, 0.2) is 35.2 Å². The molecule has 14 heavy (non-hydrogen) atoms. The second-order valence-electron chi connectivity index (χ2n) is 2.84. The number of hydrogen-bond acceptors (Lipinski definition) is 4. The molecular weight excluding hydrogens is 180 g/mol. The molecule has 5 nitrogen and oxygen atoms in total. The van der Waals surface area contributed by atoms with Crippen molar-refractivity contribution in [2.75, 3.05) is 0 Å². The highest BCUT2D eigenvalue weighted by Crippen LogP contribution is 2.16. The van der Waals surface area contributed by atoms with Gasteiger partial charge in [0.15, 0.2) is 11.5 Å². The Balaban J connectivity index is 2.24. The molecule has 0 aromatic carbocycles. The third kappa shape index (κ3) is 0.990. The summed E-state index contributed by atoms with van der Waals surface area (Å²) < 4.78 is 4.73. The molecule has 1 N–H and O–H groups in total. The van der Waals surface area contributed by atoms with Crippen LogP contribution in [0.4, 0.5) is 0 Å². The molecule has 0 fully saturated rings. The van der Waals surface area contributed by atoms with Gasteiger partial charge in [-0.3, -0.25) is 0 Å². The Morgan fingerprint density at radius 3 is 3.07 bits per heavy atom. The van der Waals surface area contributed by atoms with Gasteiger partial charge in [0.05, 0.1) is 5.52 Å². The molecule has 0 atom stereocenters. The van der Waals surface area contributed by atoms with E-state index < -0.39 is 0 Å². The maximum atomic E-state index is 4.73. The van der Waals surface area contributed by atoms with Gasteiger partial charge in [0, 0.05) is 12.3 Å². The smallest absolute Gasteiger partial charge is 0.178 e. The van der Waals surface area contributed by atoms with E-state index >= 15 is 0 Å². The number of nitrogens with one attached hydrogen (secondary N) is 1. The van der Waals surface area contributed by atoms with E-state index in [2.05, 4.69) is 20.1 Å². The Bertz CT molecular complexity index is 522. The van der Waals surface area contributed by atoms with E-state index in [0.717, 1.165) is 5.52 Å². The largest absolute Gasteiger partial charge is 0.364 e. The Morgan fingerprint density at radius 2 is 2.29 bits per heavy atom. The lowest BCUT2D eigenvalue weighted by atomic mass is 10.4. The van der Waals surface area contributed by atoms with Gasteiger partial charge < -0.3 is 9.51 Å². The number of aromatic nitrogens is 4. The lowest BCUT2D eigenvalue weighted by Crippen LogP contribution is -1.78. The average Bonchev–Trinajstić information content (AvgIpc) is 2.86. The highest BCUT2D eigenvalue weighted by molar-refractivity contribution is 5.74. The van der Waals surface area contributed by atoms with Gasteiger partial charge in [-0.2, -0.15) is 0 Å². The van der Waals surface area contributed by atoms with Gasteiger partial charge in [0.25, 0.3) is 0 Å². The summed E-state index contributed by atoms with van der Waals surface area (Å²) in [6, 6.07) is 5.52. The number of pyridine rings is 1. The molecule has 0 radical (unpaired) electrons. The summed E-state index contributed by atoms with van der Waals surface area (Å²) in [4.78, 5) is 11.5. The first-order chi connectivity index (χ1) is 6.93. The molecule has 0 amide bonds. The lowest BCUT2D eigenvalue weighted by Gasteiger charge is -1.83. The molecular formula is C9H6N4O. The number of imidazole rings is 1. The second kappa shape index (κ2) is 2.66. The number of fused-ring (bicyclic) bond motifs is 1. The summed E-state index contributed by atoms with van der Waals surface area (Å²) in [5.41, 5.74) is 2.26. The summed E-state index contributed by atoms with van der Waals surface area (Å²) in [6.45, 7) is 0. The first-order valence-electron chi connectivity index (χ1n) is 4.15. The van der Waals surface area contributed by atoms with Crippen LogP contribution in [0.3, 0.4) is 0 Å². The standard InChI is InChI=1S/C9H6N4O/c1-2-6-8(10-4-1)12-9(11-6)7-3-5-14-13-7/h1-5H,(H,10,11,12). The first-order valence-corrected chi connectivity index (χ1v) is 4.15. The van der Waals surface area contributed by atoms with Crippen LogP contribution in [0.25, 0.3) is 22.7 Å². The molecule has 3 heterocycles. The minimum absolute atomic E-state index is 0.674. The number of hydrogen-bond donors (Lipinski definition) is 1. The molecule has 3 aromatic heterocycles. The summed E-state index contributed by atoms with van der Waals surface area (Å²) in [6.07, 6.45) is 3.21. The predicted molar refractivity (Wildman–Crippen MR) is 49.4 cm³/mol. The van der Waals surface area contributed by atoms with E-state index in [0.29, 0.717) is 17.2 Å². The monoisotopic (exact) mass is 186 g/mol. The molecule has 0 aliphatic carbocycles. The van der Waals surface area contributed by atoms with Crippen LogP contribution < -0.4 is 0 Å². The zero-order chi connectivity index (χ0) is 9.38. The maximum Gasteiger partial charge on any atom is 0.178 e. The van der Waals surface area contributed by atoms with Gasteiger partial charge >= 0.3 is 0 Å². The summed E-state index contributed by atoms with van der Waals surface area (Å²) in [7, 11) is 0. The number of nitrogens with zero attached hydrogens (tertiary/aromatic N) is 3. The van der Waals surface area contributed by atoms with Gasteiger partial charge in [-0.05, 0) is 12.1 Å². The van der Waals surface area contributed by atoms with Crippen molar-refractivity contribution in [3.63, 3.8) is 0 Å². The van der Waals surface area contributed by atoms with Crippen molar-refractivity contribution in [3.8, 4) is 11.5 Å². The number of rotatable bonds is 1. The molecule has 3 rings (SSSR count). The molecule has 0 spiro atoms. The molecule has 5 heteroatoms. The second-order valence-corrected chi connectivity index (χ2v) is 2.84. The quantitative estimate of drug-likeness (QED) is 0.626. The summed E-state index contributed by atoms with van der Waals surface area (Å²) in [5, 5.41) is 3.79. The fourth-order valence-electron chi connectivity index (χ4n) is 1.30. The Kier molecular flexibility index (Phi) is 1.38.